The number of fused-ring (bicyclic) bond motifs is 3. The summed E-state index contributed by atoms with van der Waals surface area (Å²) in [5.41, 5.74) is 3.80. The number of hydrogen-bond acceptors (Lipinski definition) is 6. The van der Waals surface area contributed by atoms with E-state index >= 15 is 0 Å². The predicted molar refractivity (Wildman–Crippen MR) is 101 cm³/mol. The van der Waals surface area contributed by atoms with Crippen molar-refractivity contribution in [1.82, 2.24) is 19.7 Å². The van der Waals surface area contributed by atoms with E-state index in [2.05, 4.69) is 32.7 Å². The number of aromatic nitrogens is 4. The molecule has 0 aliphatic carbocycles. The number of benzene rings is 2. The second-order valence-electron chi connectivity index (χ2n) is 5.74. The summed E-state index contributed by atoms with van der Waals surface area (Å²) in [5.74, 6) is 0.623. The Hall–Kier alpha value is -3.00. The van der Waals surface area contributed by atoms with Gasteiger partial charge in [0, 0.05) is 29.8 Å². The highest BCUT2D eigenvalue weighted by Crippen LogP contribution is 2.28. The highest BCUT2D eigenvalue weighted by atomic mass is 32.2. The van der Waals surface area contributed by atoms with Crippen LogP contribution in [0.3, 0.4) is 0 Å². The van der Waals surface area contributed by atoms with Gasteiger partial charge in [-0.3, -0.25) is 10.1 Å². The molecule has 4 rings (SSSR count). The fourth-order valence-electron chi connectivity index (χ4n) is 2.93. The summed E-state index contributed by atoms with van der Waals surface area (Å²) in [6.07, 6.45) is 0. The minimum Gasteiger partial charge on any atom is -0.324 e. The van der Waals surface area contributed by atoms with E-state index in [4.69, 9.17) is 0 Å². The molecule has 8 heteroatoms. The fourth-order valence-corrected chi connectivity index (χ4v) is 3.67. The van der Waals surface area contributed by atoms with Crippen LogP contribution in [0.4, 0.5) is 5.69 Å². The fraction of sp³-hybridized carbons (Fsp3) is 0.167. The number of hydrogen-bond donors (Lipinski definition) is 0. The van der Waals surface area contributed by atoms with Crippen molar-refractivity contribution in [3.05, 3.63) is 64.2 Å². The molecule has 0 bridgehead atoms. The van der Waals surface area contributed by atoms with E-state index in [1.807, 2.05) is 18.2 Å². The van der Waals surface area contributed by atoms with Gasteiger partial charge in [-0.05, 0) is 18.6 Å². The molecule has 0 aliphatic rings. The number of para-hydroxylation sites is 1. The number of rotatable bonds is 5. The lowest BCUT2D eigenvalue weighted by atomic mass is 10.2. The number of aryl methyl sites for hydroxylation is 1. The topological polar surface area (TPSA) is 86.7 Å². The van der Waals surface area contributed by atoms with Crippen LogP contribution >= 0.6 is 11.8 Å². The number of nitro benzene ring substituents is 1. The van der Waals surface area contributed by atoms with E-state index in [1.54, 1.807) is 12.1 Å². The molecule has 0 N–H and O–H groups in total. The molecule has 2 heterocycles. The van der Waals surface area contributed by atoms with Crippen molar-refractivity contribution >= 4 is 39.5 Å². The van der Waals surface area contributed by atoms with E-state index in [9.17, 15) is 10.1 Å². The Bertz CT molecular complexity index is 1110. The molecular formula is C18H15N5O2S. The van der Waals surface area contributed by atoms with Crippen LogP contribution in [0.5, 0.6) is 0 Å². The maximum atomic E-state index is 10.7. The van der Waals surface area contributed by atoms with Gasteiger partial charge in [0.15, 0.2) is 5.65 Å². The van der Waals surface area contributed by atoms with Gasteiger partial charge in [0.1, 0.15) is 5.52 Å². The van der Waals surface area contributed by atoms with Crippen LogP contribution in [-0.4, -0.2) is 24.7 Å². The second kappa shape index (κ2) is 6.72. The zero-order valence-corrected chi connectivity index (χ0v) is 14.8. The highest BCUT2D eigenvalue weighted by Gasteiger charge is 2.14. The zero-order valence-electron chi connectivity index (χ0n) is 14.0. The summed E-state index contributed by atoms with van der Waals surface area (Å²) in [5, 5.41) is 21.0. The van der Waals surface area contributed by atoms with Gasteiger partial charge in [0.25, 0.3) is 5.69 Å². The molecule has 0 atom stereocenters. The van der Waals surface area contributed by atoms with Gasteiger partial charge in [0.05, 0.1) is 10.4 Å². The van der Waals surface area contributed by atoms with Gasteiger partial charge in [-0.15, -0.1) is 10.2 Å². The molecule has 0 spiro atoms. The minimum atomic E-state index is -0.401. The Morgan fingerprint density at radius 2 is 1.88 bits per heavy atom. The number of nitro groups is 1. The van der Waals surface area contributed by atoms with Crippen LogP contribution in [0.15, 0.2) is 53.7 Å². The molecule has 0 aliphatic heterocycles. The SMILES string of the molecule is CCn1c2ccccc2c2nnc(SCc3ccc([N+](=O)[O-])cc3)nc21. The third-order valence-corrected chi connectivity index (χ3v) is 5.09. The Kier molecular flexibility index (Phi) is 4.26. The third kappa shape index (κ3) is 2.88. The van der Waals surface area contributed by atoms with Crippen LogP contribution in [0.1, 0.15) is 12.5 Å². The average molecular weight is 365 g/mol. The average Bonchev–Trinajstić information content (AvgIpc) is 2.99. The number of non-ortho nitro benzene ring substituents is 1. The van der Waals surface area contributed by atoms with Crippen molar-refractivity contribution in [3.63, 3.8) is 0 Å². The Morgan fingerprint density at radius 1 is 1.12 bits per heavy atom. The summed E-state index contributed by atoms with van der Waals surface area (Å²) >= 11 is 1.46. The molecule has 7 nitrogen and oxygen atoms in total. The summed E-state index contributed by atoms with van der Waals surface area (Å²) in [6.45, 7) is 2.88. The summed E-state index contributed by atoms with van der Waals surface area (Å²) in [6, 6.07) is 14.6. The molecule has 0 saturated carbocycles. The molecule has 0 unspecified atom stereocenters. The highest BCUT2D eigenvalue weighted by molar-refractivity contribution is 7.98. The summed E-state index contributed by atoms with van der Waals surface area (Å²) in [7, 11) is 0. The first kappa shape index (κ1) is 16.5. The first-order valence-corrected chi connectivity index (χ1v) is 9.13. The largest absolute Gasteiger partial charge is 0.324 e. The van der Waals surface area contributed by atoms with Crippen LogP contribution < -0.4 is 0 Å². The molecule has 0 fully saturated rings. The lowest BCUT2D eigenvalue weighted by Gasteiger charge is -2.03. The van der Waals surface area contributed by atoms with Gasteiger partial charge in [-0.1, -0.05) is 42.1 Å². The smallest absolute Gasteiger partial charge is 0.269 e. The summed E-state index contributed by atoms with van der Waals surface area (Å²) in [4.78, 5) is 15.0. The number of nitrogens with zero attached hydrogens (tertiary/aromatic N) is 5. The number of thioether (sulfide) groups is 1. The molecule has 4 aromatic rings. The monoisotopic (exact) mass is 365 g/mol. The Balaban J connectivity index is 1.63. The van der Waals surface area contributed by atoms with Crippen molar-refractivity contribution in [2.45, 2.75) is 24.4 Å². The van der Waals surface area contributed by atoms with E-state index in [-0.39, 0.29) is 5.69 Å². The Labute approximate surface area is 153 Å². The quantitative estimate of drug-likeness (QED) is 0.299. The molecule has 26 heavy (non-hydrogen) atoms. The van der Waals surface area contributed by atoms with Gasteiger partial charge < -0.3 is 4.57 Å². The van der Waals surface area contributed by atoms with Gasteiger partial charge in [-0.25, -0.2) is 4.98 Å². The van der Waals surface area contributed by atoms with E-state index in [1.165, 1.54) is 23.9 Å². The molecule has 2 aromatic carbocycles. The lowest BCUT2D eigenvalue weighted by Crippen LogP contribution is -1.98. The Morgan fingerprint density at radius 3 is 2.62 bits per heavy atom. The van der Waals surface area contributed by atoms with Crippen LogP contribution in [-0.2, 0) is 12.3 Å². The van der Waals surface area contributed by atoms with E-state index < -0.39 is 4.92 Å². The molecule has 130 valence electrons. The summed E-state index contributed by atoms with van der Waals surface area (Å²) < 4.78 is 2.13. The molecule has 0 amide bonds. The predicted octanol–water partition coefficient (Wildman–Crippen LogP) is 4.20. The van der Waals surface area contributed by atoms with Crippen molar-refractivity contribution in [3.8, 4) is 0 Å². The molecule has 2 aromatic heterocycles. The van der Waals surface area contributed by atoms with Crippen molar-refractivity contribution in [1.29, 1.82) is 0 Å². The van der Waals surface area contributed by atoms with E-state index in [0.717, 1.165) is 34.2 Å². The first-order chi connectivity index (χ1) is 12.7. The van der Waals surface area contributed by atoms with Crippen LogP contribution in [0.25, 0.3) is 22.1 Å². The van der Waals surface area contributed by atoms with Gasteiger partial charge in [0.2, 0.25) is 5.16 Å². The standard InChI is InChI=1S/C18H15N5O2S/c1-2-22-15-6-4-3-5-14(15)16-17(22)19-18(21-20-16)26-11-12-7-9-13(10-8-12)23(24)25/h3-10H,2,11H2,1H3. The maximum Gasteiger partial charge on any atom is 0.269 e. The maximum absolute atomic E-state index is 10.7. The zero-order chi connectivity index (χ0) is 18.1. The molecular weight excluding hydrogens is 350 g/mol. The minimum absolute atomic E-state index is 0.0885. The van der Waals surface area contributed by atoms with Crippen molar-refractivity contribution in [2.24, 2.45) is 0 Å². The second-order valence-corrected chi connectivity index (χ2v) is 6.68. The van der Waals surface area contributed by atoms with Crippen molar-refractivity contribution in [2.75, 3.05) is 0 Å². The van der Waals surface area contributed by atoms with Gasteiger partial charge in [-0.2, -0.15) is 0 Å². The normalized spacial score (nSPS) is 11.3. The first-order valence-electron chi connectivity index (χ1n) is 8.15. The van der Waals surface area contributed by atoms with Crippen LogP contribution in [0.2, 0.25) is 0 Å². The van der Waals surface area contributed by atoms with Crippen molar-refractivity contribution < 1.29 is 4.92 Å². The van der Waals surface area contributed by atoms with Gasteiger partial charge >= 0.3 is 0 Å². The van der Waals surface area contributed by atoms with Crippen LogP contribution in [0, 0.1) is 10.1 Å². The molecule has 0 saturated heterocycles. The molecule has 0 radical (unpaired) electrons. The van der Waals surface area contributed by atoms with E-state index in [0.29, 0.717) is 10.9 Å². The third-order valence-electron chi connectivity index (χ3n) is 4.19. The lowest BCUT2D eigenvalue weighted by molar-refractivity contribution is -0.384.